The molecule has 18 heavy (non-hydrogen) atoms. The van der Waals surface area contributed by atoms with Gasteiger partial charge in [0.25, 0.3) is 0 Å². The number of nitrogens with zero attached hydrogens (tertiary/aromatic N) is 1. The third kappa shape index (κ3) is 3.51. The third-order valence-electron chi connectivity index (χ3n) is 3.63. The fourth-order valence-corrected chi connectivity index (χ4v) is 2.15. The Morgan fingerprint density at radius 1 is 1.44 bits per heavy atom. The van der Waals surface area contributed by atoms with Crippen LogP contribution < -0.4 is 11.3 Å². The summed E-state index contributed by atoms with van der Waals surface area (Å²) in [5.41, 5.74) is 3.80. The third-order valence-corrected chi connectivity index (χ3v) is 4.24. The summed E-state index contributed by atoms with van der Waals surface area (Å²) < 4.78 is 13.7. The lowest BCUT2D eigenvalue weighted by atomic mass is 9.88. The number of nitrogens with one attached hydrogen (secondary N) is 1. The highest BCUT2D eigenvalue weighted by Crippen LogP contribution is 2.22. The average molecular weight is 318 g/mol. The van der Waals surface area contributed by atoms with Gasteiger partial charge in [-0.25, -0.2) is 4.39 Å². The van der Waals surface area contributed by atoms with Crippen LogP contribution in [0.25, 0.3) is 0 Å². The lowest BCUT2D eigenvalue weighted by molar-refractivity contribution is 0.137. The quantitative estimate of drug-likeness (QED) is 0.647. The molecule has 0 saturated heterocycles. The van der Waals surface area contributed by atoms with Crippen LogP contribution in [0.5, 0.6) is 0 Å². The van der Waals surface area contributed by atoms with Crippen LogP contribution in [0.1, 0.15) is 19.4 Å². The van der Waals surface area contributed by atoms with E-state index in [0.717, 1.165) is 12.0 Å². The van der Waals surface area contributed by atoms with Crippen LogP contribution in [0, 0.1) is 5.82 Å². The number of hydrogen-bond acceptors (Lipinski definition) is 3. The van der Waals surface area contributed by atoms with E-state index in [1.165, 1.54) is 6.07 Å². The molecule has 5 heteroatoms. The molecule has 0 aromatic heterocycles. The summed E-state index contributed by atoms with van der Waals surface area (Å²) in [5, 5.41) is 0. The number of rotatable bonds is 5. The van der Waals surface area contributed by atoms with Crippen LogP contribution >= 0.6 is 15.9 Å². The molecule has 0 amide bonds. The second kappa shape index (κ2) is 6.10. The minimum Gasteiger partial charge on any atom is -0.303 e. The second-order valence-corrected chi connectivity index (χ2v) is 6.07. The fraction of sp³-hybridized carbons (Fsp3) is 0.538. The maximum Gasteiger partial charge on any atom is 0.137 e. The first-order chi connectivity index (χ1) is 8.28. The highest BCUT2D eigenvalue weighted by Gasteiger charge is 2.30. The van der Waals surface area contributed by atoms with Crippen LogP contribution in [-0.4, -0.2) is 30.6 Å². The highest BCUT2D eigenvalue weighted by atomic mass is 79.9. The first-order valence-electron chi connectivity index (χ1n) is 5.86. The van der Waals surface area contributed by atoms with Crippen molar-refractivity contribution in [3.8, 4) is 0 Å². The van der Waals surface area contributed by atoms with E-state index in [1.54, 1.807) is 12.1 Å². The smallest absolute Gasteiger partial charge is 0.137 e. The predicted molar refractivity (Wildman–Crippen MR) is 76.7 cm³/mol. The van der Waals surface area contributed by atoms with Crippen molar-refractivity contribution in [2.45, 2.75) is 31.8 Å². The van der Waals surface area contributed by atoms with Gasteiger partial charge in [-0.05, 0) is 68.0 Å². The van der Waals surface area contributed by atoms with E-state index in [0.29, 0.717) is 4.47 Å². The topological polar surface area (TPSA) is 41.3 Å². The second-order valence-electron chi connectivity index (χ2n) is 5.22. The van der Waals surface area contributed by atoms with Crippen molar-refractivity contribution in [3.63, 3.8) is 0 Å². The molecule has 0 aliphatic rings. The number of hydrogen-bond donors (Lipinski definition) is 2. The Kier molecular flexibility index (Phi) is 5.28. The van der Waals surface area contributed by atoms with Crippen molar-refractivity contribution in [2.24, 2.45) is 5.84 Å². The monoisotopic (exact) mass is 317 g/mol. The molecule has 0 heterocycles. The normalized spacial score (nSPS) is 14.0. The van der Waals surface area contributed by atoms with E-state index in [9.17, 15) is 4.39 Å². The molecule has 0 saturated carbocycles. The zero-order valence-corrected chi connectivity index (χ0v) is 12.9. The van der Waals surface area contributed by atoms with E-state index in [2.05, 4.69) is 40.1 Å². The summed E-state index contributed by atoms with van der Waals surface area (Å²) in [5.74, 6) is 5.40. The fourth-order valence-electron chi connectivity index (χ4n) is 1.73. The molecule has 3 N–H and O–H groups in total. The molecule has 1 unspecified atom stereocenters. The van der Waals surface area contributed by atoms with E-state index in [4.69, 9.17) is 5.84 Å². The van der Waals surface area contributed by atoms with Gasteiger partial charge in [-0.3, -0.25) is 11.3 Å². The van der Waals surface area contributed by atoms with Gasteiger partial charge in [-0.1, -0.05) is 6.07 Å². The number of likely N-dealkylation sites (N-methyl/N-ethyl adjacent to an activating group) is 1. The van der Waals surface area contributed by atoms with Gasteiger partial charge in [-0.2, -0.15) is 0 Å². The van der Waals surface area contributed by atoms with Gasteiger partial charge in [0.15, 0.2) is 0 Å². The predicted octanol–water partition coefficient (Wildman–Crippen LogP) is 2.30. The van der Waals surface area contributed by atoms with Crippen LogP contribution in [0.4, 0.5) is 4.39 Å². The van der Waals surface area contributed by atoms with E-state index < -0.39 is 0 Å². The van der Waals surface area contributed by atoms with E-state index in [1.807, 2.05) is 14.1 Å². The van der Waals surface area contributed by atoms with Crippen molar-refractivity contribution in [1.82, 2.24) is 10.3 Å². The average Bonchev–Trinajstić information content (AvgIpc) is 2.30. The Balaban J connectivity index is 2.89. The molecule has 0 aliphatic heterocycles. The van der Waals surface area contributed by atoms with Gasteiger partial charge in [0.05, 0.1) is 4.47 Å². The molecule has 1 aromatic rings. The summed E-state index contributed by atoms with van der Waals surface area (Å²) >= 11 is 3.20. The molecule has 1 atom stereocenters. The van der Waals surface area contributed by atoms with Gasteiger partial charge >= 0.3 is 0 Å². The number of halogens is 2. The maximum atomic E-state index is 13.2. The Bertz CT molecular complexity index is 407. The standard InChI is InChI=1S/C13H21BrFN3/c1-13(2,18(3)4)12(17-16)8-9-5-6-11(15)10(14)7-9/h5-7,12,17H,8,16H2,1-4H3. The van der Waals surface area contributed by atoms with Gasteiger partial charge < -0.3 is 4.90 Å². The SMILES string of the molecule is CN(C)C(C)(C)C(Cc1ccc(F)c(Br)c1)NN. The van der Waals surface area contributed by atoms with Crippen LogP contribution in [0.15, 0.2) is 22.7 Å². The summed E-state index contributed by atoms with van der Waals surface area (Å²) in [4.78, 5) is 2.12. The summed E-state index contributed by atoms with van der Waals surface area (Å²) in [6.45, 7) is 4.24. The summed E-state index contributed by atoms with van der Waals surface area (Å²) in [6.07, 6.45) is 0.737. The molecule has 0 bridgehead atoms. The van der Waals surface area contributed by atoms with Crippen molar-refractivity contribution < 1.29 is 4.39 Å². The van der Waals surface area contributed by atoms with Crippen molar-refractivity contribution in [3.05, 3.63) is 34.1 Å². The lowest BCUT2D eigenvalue weighted by Gasteiger charge is -2.40. The van der Waals surface area contributed by atoms with Crippen LogP contribution in [0.2, 0.25) is 0 Å². The zero-order valence-electron chi connectivity index (χ0n) is 11.3. The number of hydrazine groups is 1. The molecule has 3 nitrogen and oxygen atoms in total. The van der Waals surface area contributed by atoms with Crippen LogP contribution in [-0.2, 0) is 6.42 Å². The molecular weight excluding hydrogens is 297 g/mol. The molecule has 1 rings (SSSR count). The van der Waals surface area contributed by atoms with Crippen molar-refractivity contribution >= 4 is 15.9 Å². The largest absolute Gasteiger partial charge is 0.303 e. The Morgan fingerprint density at radius 3 is 2.50 bits per heavy atom. The van der Waals surface area contributed by atoms with Gasteiger partial charge in [0, 0.05) is 11.6 Å². The molecule has 102 valence electrons. The Labute approximate surface area is 117 Å². The van der Waals surface area contributed by atoms with Gasteiger partial charge in [-0.15, -0.1) is 0 Å². The zero-order chi connectivity index (χ0) is 13.9. The first kappa shape index (κ1) is 15.6. The lowest BCUT2D eigenvalue weighted by Crippen LogP contribution is -2.58. The molecular formula is C13H21BrFN3. The Hall–Kier alpha value is -0.490. The Morgan fingerprint density at radius 2 is 2.06 bits per heavy atom. The van der Waals surface area contributed by atoms with E-state index >= 15 is 0 Å². The molecule has 0 fully saturated rings. The first-order valence-corrected chi connectivity index (χ1v) is 6.65. The molecule has 0 aliphatic carbocycles. The summed E-state index contributed by atoms with van der Waals surface area (Å²) in [7, 11) is 4.04. The van der Waals surface area contributed by atoms with Crippen molar-refractivity contribution in [2.75, 3.05) is 14.1 Å². The highest BCUT2D eigenvalue weighted by molar-refractivity contribution is 9.10. The molecule has 0 radical (unpaired) electrons. The van der Waals surface area contributed by atoms with E-state index in [-0.39, 0.29) is 17.4 Å². The van der Waals surface area contributed by atoms with Crippen LogP contribution in [0.3, 0.4) is 0 Å². The maximum absolute atomic E-state index is 13.2. The minimum atomic E-state index is -0.247. The summed E-state index contributed by atoms with van der Waals surface area (Å²) in [6, 6.07) is 5.13. The minimum absolute atomic E-state index is 0.0739. The number of benzene rings is 1. The molecule has 0 spiro atoms. The van der Waals surface area contributed by atoms with Crippen molar-refractivity contribution in [1.29, 1.82) is 0 Å². The number of nitrogens with two attached hydrogens (primary N) is 1. The molecule has 1 aromatic carbocycles. The van der Waals surface area contributed by atoms with Gasteiger partial charge in [0.1, 0.15) is 5.82 Å². The van der Waals surface area contributed by atoms with Gasteiger partial charge in [0.2, 0.25) is 0 Å².